The van der Waals surface area contributed by atoms with Crippen molar-refractivity contribution in [3.63, 3.8) is 0 Å². The van der Waals surface area contributed by atoms with Crippen molar-refractivity contribution < 1.29 is 18.6 Å². The number of benzene rings is 1. The maximum Gasteiger partial charge on any atom is 0.272 e. The van der Waals surface area contributed by atoms with Crippen molar-refractivity contribution in [3.8, 4) is 11.5 Å². The van der Waals surface area contributed by atoms with Crippen molar-refractivity contribution >= 4 is 0 Å². The van der Waals surface area contributed by atoms with Crippen LogP contribution < -0.4 is 10.5 Å². The van der Waals surface area contributed by atoms with Crippen LogP contribution in [0, 0.1) is 0 Å². The average Bonchev–Trinajstić information content (AvgIpc) is 2.66. The highest BCUT2D eigenvalue weighted by molar-refractivity contribution is 5.48. The van der Waals surface area contributed by atoms with Gasteiger partial charge in [-0.05, 0) is 12.1 Å². The predicted octanol–water partition coefficient (Wildman–Crippen LogP) is 1.59. The first kappa shape index (κ1) is 10.2. The van der Waals surface area contributed by atoms with E-state index >= 15 is 0 Å². The van der Waals surface area contributed by atoms with E-state index in [1.165, 1.54) is 25.3 Å². The first-order valence-electron chi connectivity index (χ1n) is 4.45. The topological polar surface area (TPSA) is 55.5 Å². The maximum atomic E-state index is 13.0. The summed E-state index contributed by atoms with van der Waals surface area (Å²) in [6.45, 7) is 0. The molecule has 2 rings (SSSR count). The lowest BCUT2D eigenvalue weighted by atomic mass is 10.0. The van der Waals surface area contributed by atoms with Crippen LogP contribution in [-0.4, -0.2) is 18.1 Å². The van der Waals surface area contributed by atoms with Gasteiger partial charge >= 0.3 is 0 Å². The standard InChI is InChI=1S/C10H11F2NO2/c1-15-6-2-3-7(8(14)4-6)9(13)5-10(9,11)12/h2-4,14H,5,13H2,1H3. The molecule has 0 spiro atoms. The van der Waals surface area contributed by atoms with Crippen molar-refractivity contribution in [1.82, 2.24) is 0 Å². The van der Waals surface area contributed by atoms with Gasteiger partial charge in [0, 0.05) is 18.1 Å². The Hall–Kier alpha value is -1.36. The van der Waals surface area contributed by atoms with E-state index in [0.717, 1.165) is 0 Å². The van der Waals surface area contributed by atoms with Crippen LogP contribution >= 0.6 is 0 Å². The van der Waals surface area contributed by atoms with E-state index in [1.807, 2.05) is 0 Å². The Bertz CT molecular complexity index is 408. The summed E-state index contributed by atoms with van der Waals surface area (Å²) in [5.41, 5.74) is 3.83. The summed E-state index contributed by atoms with van der Waals surface area (Å²) < 4.78 is 30.8. The lowest BCUT2D eigenvalue weighted by Crippen LogP contribution is -2.27. The minimum atomic E-state index is -2.93. The lowest BCUT2D eigenvalue weighted by Gasteiger charge is -2.13. The third kappa shape index (κ3) is 1.34. The van der Waals surface area contributed by atoms with E-state index in [2.05, 4.69) is 0 Å². The fourth-order valence-electron chi connectivity index (χ4n) is 1.61. The Balaban J connectivity index is 2.39. The molecule has 1 aliphatic carbocycles. The van der Waals surface area contributed by atoms with E-state index in [-0.39, 0.29) is 11.3 Å². The van der Waals surface area contributed by atoms with Crippen LogP contribution in [0.4, 0.5) is 8.78 Å². The Morgan fingerprint density at radius 1 is 1.47 bits per heavy atom. The van der Waals surface area contributed by atoms with Crippen molar-refractivity contribution in [1.29, 1.82) is 0 Å². The highest BCUT2D eigenvalue weighted by Gasteiger charge is 2.70. The number of rotatable bonds is 2. The van der Waals surface area contributed by atoms with Gasteiger partial charge in [0.25, 0.3) is 5.92 Å². The SMILES string of the molecule is COc1ccc(C2(N)CC2(F)F)c(O)c1. The van der Waals surface area contributed by atoms with Crippen LogP contribution in [0.25, 0.3) is 0 Å². The largest absolute Gasteiger partial charge is 0.507 e. The normalized spacial score (nSPS) is 27.5. The summed E-state index contributed by atoms with van der Waals surface area (Å²) in [4.78, 5) is 0. The monoisotopic (exact) mass is 215 g/mol. The van der Waals surface area contributed by atoms with Gasteiger partial charge in [0.2, 0.25) is 0 Å². The van der Waals surface area contributed by atoms with Crippen molar-refractivity contribution in [2.24, 2.45) is 5.73 Å². The molecule has 1 unspecified atom stereocenters. The molecule has 1 aromatic carbocycles. The van der Waals surface area contributed by atoms with E-state index in [0.29, 0.717) is 5.75 Å². The predicted molar refractivity (Wildman–Crippen MR) is 50.1 cm³/mol. The summed E-state index contributed by atoms with van der Waals surface area (Å²) in [7, 11) is 1.43. The van der Waals surface area contributed by atoms with Crippen LogP contribution in [0.5, 0.6) is 11.5 Å². The van der Waals surface area contributed by atoms with Gasteiger partial charge in [-0.3, -0.25) is 0 Å². The van der Waals surface area contributed by atoms with Gasteiger partial charge in [0.05, 0.1) is 7.11 Å². The van der Waals surface area contributed by atoms with E-state index in [1.54, 1.807) is 0 Å². The Morgan fingerprint density at radius 2 is 2.07 bits per heavy atom. The van der Waals surface area contributed by atoms with Crippen molar-refractivity contribution in [2.45, 2.75) is 17.9 Å². The molecule has 1 aromatic rings. The number of phenolic OH excluding ortho intramolecular Hbond substituents is 1. The quantitative estimate of drug-likeness (QED) is 0.787. The van der Waals surface area contributed by atoms with Gasteiger partial charge in [-0.15, -0.1) is 0 Å². The molecular weight excluding hydrogens is 204 g/mol. The van der Waals surface area contributed by atoms with Crippen LogP contribution in [0.15, 0.2) is 18.2 Å². The lowest BCUT2D eigenvalue weighted by molar-refractivity contribution is 0.0884. The zero-order valence-corrected chi connectivity index (χ0v) is 8.13. The zero-order valence-electron chi connectivity index (χ0n) is 8.13. The number of ether oxygens (including phenoxy) is 1. The third-order valence-corrected chi connectivity index (χ3v) is 2.71. The highest BCUT2D eigenvalue weighted by Crippen LogP contribution is 2.59. The number of halogens is 2. The Labute approximate surface area is 85.5 Å². The molecule has 82 valence electrons. The van der Waals surface area contributed by atoms with Gasteiger partial charge in [-0.2, -0.15) is 0 Å². The van der Waals surface area contributed by atoms with Crippen molar-refractivity contribution in [3.05, 3.63) is 23.8 Å². The maximum absolute atomic E-state index is 13.0. The molecule has 5 heteroatoms. The summed E-state index contributed by atoms with van der Waals surface area (Å²) >= 11 is 0. The third-order valence-electron chi connectivity index (χ3n) is 2.71. The Morgan fingerprint density at radius 3 is 2.47 bits per heavy atom. The van der Waals surface area contributed by atoms with Gasteiger partial charge in [0.15, 0.2) is 0 Å². The van der Waals surface area contributed by atoms with Crippen molar-refractivity contribution in [2.75, 3.05) is 7.11 Å². The minimum Gasteiger partial charge on any atom is -0.507 e. The molecule has 3 N–H and O–H groups in total. The number of nitrogens with two attached hydrogens (primary N) is 1. The van der Waals surface area contributed by atoms with E-state index in [4.69, 9.17) is 10.5 Å². The van der Waals surface area contributed by atoms with Gasteiger partial charge in [-0.1, -0.05) is 0 Å². The number of alkyl halides is 2. The summed E-state index contributed by atoms with van der Waals surface area (Å²) in [5, 5.41) is 9.54. The molecular formula is C10H11F2NO2. The van der Waals surface area contributed by atoms with Crippen LogP contribution in [0.2, 0.25) is 0 Å². The average molecular weight is 215 g/mol. The van der Waals surface area contributed by atoms with E-state index < -0.39 is 17.9 Å². The van der Waals surface area contributed by atoms with Gasteiger partial charge in [0.1, 0.15) is 17.0 Å². The fourth-order valence-corrected chi connectivity index (χ4v) is 1.61. The highest BCUT2D eigenvalue weighted by atomic mass is 19.3. The number of methoxy groups -OCH3 is 1. The molecule has 1 fully saturated rings. The molecule has 0 heterocycles. The van der Waals surface area contributed by atoms with Crippen LogP contribution in [0.3, 0.4) is 0 Å². The van der Waals surface area contributed by atoms with Gasteiger partial charge in [-0.25, -0.2) is 8.78 Å². The van der Waals surface area contributed by atoms with Gasteiger partial charge < -0.3 is 15.6 Å². The van der Waals surface area contributed by atoms with Crippen LogP contribution in [0.1, 0.15) is 12.0 Å². The number of hydrogen-bond donors (Lipinski definition) is 2. The molecule has 0 aliphatic heterocycles. The molecule has 1 saturated carbocycles. The molecule has 0 radical (unpaired) electrons. The first-order chi connectivity index (χ1) is 6.90. The molecule has 1 atom stereocenters. The second-order valence-electron chi connectivity index (χ2n) is 3.74. The van der Waals surface area contributed by atoms with E-state index in [9.17, 15) is 13.9 Å². The number of hydrogen-bond acceptors (Lipinski definition) is 3. The molecule has 0 saturated heterocycles. The summed E-state index contributed by atoms with van der Waals surface area (Å²) in [6.07, 6.45) is -0.431. The smallest absolute Gasteiger partial charge is 0.272 e. The van der Waals surface area contributed by atoms with Crippen LogP contribution in [-0.2, 0) is 5.54 Å². The number of phenols is 1. The Kier molecular flexibility index (Phi) is 1.91. The molecule has 0 amide bonds. The molecule has 15 heavy (non-hydrogen) atoms. The second kappa shape index (κ2) is 2.82. The fraction of sp³-hybridized carbons (Fsp3) is 0.400. The molecule has 3 nitrogen and oxygen atoms in total. The number of aromatic hydroxyl groups is 1. The zero-order chi connectivity index (χ0) is 11.3. The first-order valence-corrected chi connectivity index (χ1v) is 4.45. The summed E-state index contributed by atoms with van der Waals surface area (Å²) in [5.74, 6) is -2.78. The molecule has 0 bridgehead atoms. The molecule has 1 aliphatic rings. The molecule has 0 aromatic heterocycles. The minimum absolute atomic E-state index is 0.0632. The summed E-state index contributed by atoms with van der Waals surface area (Å²) in [6, 6.07) is 4.14. The second-order valence-corrected chi connectivity index (χ2v) is 3.74.